The Hall–Kier alpha value is -3.76. The maximum atomic E-state index is 4.38. The van der Waals surface area contributed by atoms with E-state index in [9.17, 15) is 0 Å². The molecule has 0 bridgehead atoms. The summed E-state index contributed by atoms with van der Waals surface area (Å²) in [5.41, 5.74) is 0. The Morgan fingerprint density at radius 1 is 0.375 bits per heavy atom. The van der Waals surface area contributed by atoms with E-state index in [1.54, 1.807) is 49.6 Å². The Morgan fingerprint density at radius 3 is 0.812 bits per heavy atom. The van der Waals surface area contributed by atoms with E-state index in [0.717, 1.165) is 36.4 Å². The standard InChI is InChI=1S/C22H24N10/c1-5-23-19(24-6-1)15-31(16-20-25-7-2-8-26-20)13-14-32(17-21-27-9-3-10-28-21)18-22-29-11-4-12-30-22/h1-12H,13-18H2. The van der Waals surface area contributed by atoms with Crippen molar-refractivity contribution in [2.45, 2.75) is 26.2 Å². The van der Waals surface area contributed by atoms with Crippen molar-refractivity contribution in [3.05, 3.63) is 97.1 Å². The van der Waals surface area contributed by atoms with Gasteiger partial charge in [0.1, 0.15) is 23.3 Å². The first-order valence-electron chi connectivity index (χ1n) is 10.3. The molecule has 0 fully saturated rings. The van der Waals surface area contributed by atoms with Gasteiger partial charge in [-0.15, -0.1) is 0 Å². The van der Waals surface area contributed by atoms with Crippen LogP contribution in [0.25, 0.3) is 0 Å². The molecule has 0 saturated carbocycles. The highest BCUT2D eigenvalue weighted by Crippen LogP contribution is 2.08. The van der Waals surface area contributed by atoms with E-state index in [0.29, 0.717) is 26.2 Å². The van der Waals surface area contributed by atoms with Crippen molar-refractivity contribution in [3.63, 3.8) is 0 Å². The summed E-state index contributed by atoms with van der Waals surface area (Å²) < 4.78 is 0. The van der Waals surface area contributed by atoms with Crippen LogP contribution in [0.5, 0.6) is 0 Å². The molecule has 4 aromatic rings. The predicted octanol–water partition coefficient (Wildman–Crippen LogP) is 1.55. The van der Waals surface area contributed by atoms with Crippen molar-refractivity contribution < 1.29 is 0 Å². The number of nitrogens with zero attached hydrogens (tertiary/aromatic N) is 10. The van der Waals surface area contributed by atoms with Crippen LogP contribution in [-0.2, 0) is 26.2 Å². The van der Waals surface area contributed by atoms with Crippen molar-refractivity contribution in [2.24, 2.45) is 0 Å². The minimum atomic E-state index is 0.594. The molecule has 0 atom stereocenters. The average Bonchev–Trinajstić information content (AvgIpc) is 2.85. The molecule has 0 saturated heterocycles. The Balaban J connectivity index is 1.47. The second kappa shape index (κ2) is 11.6. The molecule has 162 valence electrons. The quantitative estimate of drug-likeness (QED) is 0.349. The van der Waals surface area contributed by atoms with Gasteiger partial charge in [-0.25, -0.2) is 39.9 Å². The van der Waals surface area contributed by atoms with Crippen LogP contribution in [0, 0.1) is 0 Å². The van der Waals surface area contributed by atoms with E-state index in [2.05, 4.69) is 49.7 Å². The highest BCUT2D eigenvalue weighted by Gasteiger charge is 2.15. The molecule has 0 unspecified atom stereocenters. The Labute approximate surface area is 186 Å². The van der Waals surface area contributed by atoms with E-state index < -0.39 is 0 Å². The topological polar surface area (TPSA) is 110 Å². The van der Waals surface area contributed by atoms with E-state index in [1.807, 2.05) is 24.3 Å². The van der Waals surface area contributed by atoms with Crippen LogP contribution in [0.1, 0.15) is 23.3 Å². The molecule has 0 amide bonds. The van der Waals surface area contributed by atoms with Crippen LogP contribution in [-0.4, -0.2) is 62.8 Å². The minimum absolute atomic E-state index is 0.594. The zero-order valence-corrected chi connectivity index (χ0v) is 17.6. The third kappa shape index (κ3) is 6.89. The molecule has 0 spiro atoms. The zero-order chi connectivity index (χ0) is 21.8. The Morgan fingerprint density at radius 2 is 0.594 bits per heavy atom. The molecule has 0 aromatic carbocycles. The summed E-state index contributed by atoms with van der Waals surface area (Å²) in [6.07, 6.45) is 14.0. The van der Waals surface area contributed by atoms with Gasteiger partial charge in [0.15, 0.2) is 0 Å². The van der Waals surface area contributed by atoms with Crippen molar-refractivity contribution in [3.8, 4) is 0 Å². The molecule has 4 rings (SSSR count). The van der Waals surface area contributed by atoms with E-state index in [-0.39, 0.29) is 0 Å². The van der Waals surface area contributed by atoms with Gasteiger partial charge in [-0.1, -0.05) is 0 Å². The predicted molar refractivity (Wildman–Crippen MR) is 116 cm³/mol. The first-order valence-corrected chi connectivity index (χ1v) is 10.3. The number of aromatic nitrogens is 8. The fourth-order valence-corrected chi connectivity index (χ4v) is 3.16. The molecule has 0 radical (unpaired) electrons. The van der Waals surface area contributed by atoms with Gasteiger partial charge in [-0.3, -0.25) is 9.80 Å². The first kappa shape index (κ1) is 21.5. The monoisotopic (exact) mass is 428 g/mol. The minimum Gasteiger partial charge on any atom is -0.287 e. The molecule has 0 aliphatic heterocycles. The lowest BCUT2D eigenvalue weighted by Gasteiger charge is -2.26. The van der Waals surface area contributed by atoms with Crippen LogP contribution in [0.15, 0.2) is 73.8 Å². The summed E-state index contributed by atoms with van der Waals surface area (Å²) in [5, 5.41) is 0. The fraction of sp³-hybridized carbons (Fsp3) is 0.273. The molecule has 10 nitrogen and oxygen atoms in total. The Kier molecular flexibility index (Phi) is 7.77. The second-order valence-corrected chi connectivity index (χ2v) is 7.08. The summed E-state index contributed by atoms with van der Waals surface area (Å²) in [5.74, 6) is 3.03. The fourth-order valence-electron chi connectivity index (χ4n) is 3.16. The maximum absolute atomic E-state index is 4.38. The number of hydrogen-bond donors (Lipinski definition) is 0. The third-order valence-electron chi connectivity index (χ3n) is 4.67. The lowest BCUT2D eigenvalue weighted by molar-refractivity contribution is 0.172. The molecular weight excluding hydrogens is 404 g/mol. The molecule has 4 heterocycles. The maximum Gasteiger partial charge on any atom is 0.142 e. The molecule has 10 heteroatoms. The molecular formula is C22H24N10. The summed E-state index contributed by atoms with van der Waals surface area (Å²) in [4.78, 5) is 39.5. The number of hydrogen-bond acceptors (Lipinski definition) is 10. The number of rotatable bonds is 11. The van der Waals surface area contributed by atoms with Gasteiger partial charge in [-0.2, -0.15) is 0 Å². The molecule has 0 aliphatic carbocycles. The third-order valence-corrected chi connectivity index (χ3v) is 4.67. The normalized spacial score (nSPS) is 11.2. The molecule has 4 aromatic heterocycles. The van der Waals surface area contributed by atoms with Crippen LogP contribution in [0.3, 0.4) is 0 Å². The Bertz CT molecular complexity index is 865. The van der Waals surface area contributed by atoms with Crippen LogP contribution < -0.4 is 0 Å². The average molecular weight is 429 g/mol. The summed E-state index contributed by atoms with van der Waals surface area (Å²) >= 11 is 0. The van der Waals surface area contributed by atoms with Crippen LogP contribution in [0.2, 0.25) is 0 Å². The van der Waals surface area contributed by atoms with Gasteiger partial charge in [0, 0.05) is 62.7 Å². The largest absolute Gasteiger partial charge is 0.287 e. The molecule has 32 heavy (non-hydrogen) atoms. The highest BCUT2D eigenvalue weighted by atomic mass is 15.2. The van der Waals surface area contributed by atoms with E-state index >= 15 is 0 Å². The zero-order valence-electron chi connectivity index (χ0n) is 17.6. The van der Waals surface area contributed by atoms with Gasteiger partial charge in [0.25, 0.3) is 0 Å². The lowest BCUT2D eigenvalue weighted by atomic mass is 10.3. The second-order valence-electron chi connectivity index (χ2n) is 7.08. The highest BCUT2D eigenvalue weighted by molar-refractivity contribution is 4.94. The van der Waals surface area contributed by atoms with Crippen LogP contribution >= 0.6 is 0 Å². The van der Waals surface area contributed by atoms with Crippen molar-refractivity contribution in [2.75, 3.05) is 13.1 Å². The summed E-state index contributed by atoms with van der Waals surface area (Å²) in [7, 11) is 0. The molecule has 0 N–H and O–H groups in total. The SMILES string of the molecule is c1cnc(CN(CCN(Cc2ncccn2)Cc2ncccn2)Cc2ncccn2)nc1. The molecule has 0 aliphatic rings. The van der Waals surface area contributed by atoms with E-state index in [4.69, 9.17) is 0 Å². The smallest absolute Gasteiger partial charge is 0.142 e. The first-order chi connectivity index (χ1) is 15.8. The van der Waals surface area contributed by atoms with Gasteiger partial charge < -0.3 is 0 Å². The van der Waals surface area contributed by atoms with Gasteiger partial charge >= 0.3 is 0 Å². The van der Waals surface area contributed by atoms with Crippen molar-refractivity contribution in [1.29, 1.82) is 0 Å². The summed E-state index contributed by atoms with van der Waals surface area (Å²) in [6.45, 7) is 3.87. The van der Waals surface area contributed by atoms with Gasteiger partial charge in [0.05, 0.1) is 26.2 Å². The van der Waals surface area contributed by atoms with Crippen LogP contribution in [0.4, 0.5) is 0 Å². The van der Waals surface area contributed by atoms with Gasteiger partial charge in [-0.05, 0) is 24.3 Å². The van der Waals surface area contributed by atoms with Gasteiger partial charge in [0.2, 0.25) is 0 Å². The van der Waals surface area contributed by atoms with Crippen molar-refractivity contribution in [1.82, 2.24) is 49.7 Å². The lowest BCUT2D eigenvalue weighted by Crippen LogP contribution is -2.35. The van der Waals surface area contributed by atoms with E-state index in [1.165, 1.54) is 0 Å². The van der Waals surface area contributed by atoms with Crippen molar-refractivity contribution >= 4 is 0 Å². The summed E-state index contributed by atoms with van der Waals surface area (Å²) in [6, 6.07) is 7.26.